The number of nitriles is 1. The number of benzene rings is 2. The molecular weight excluding hydrogens is 234 g/mol. The standard InChI is InChI=1S/C16H13N3/c17-8-11-2-1-3-13(6-11)15-10-19-16-7-12(9-18)4-5-14(15)16/h1-7,10,19H,9,18H2. The molecule has 0 unspecified atom stereocenters. The minimum absolute atomic E-state index is 0.536. The number of aromatic amines is 1. The number of fused-ring (bicyclic) bond motifs is 1. The van der Waals surface area contributed by atoms with E-state index in [2.05, 4.69) is 23.2 Å². The summed E-state index contributed by atoms with van der Waals surface area (Å²) in [5.74, 6) is 0. The lowest BCUT2D eigenvalue weighted by atomic mass is 10.0. The molecule has 2 aromatic carbocycles. The van der Waals surface area contributed by atoms with Crippen LogP contribution in [-0.4, -0.2) is 4.98 Å². The first kappa shape index (κ1) is 11.5. The molecule has 0 atom stereocenters. The SMILES string of the molecule is N#Cc1cccc(-c2c[nH]c3cc(CN)ccc23)c1. The first-order valence-electron chi connectivity index (χ1n) is 6.12. The first-order valence-corrected chi connectivity index (χ1v) is 6.12. The van der Waals surface area contributed by atoms with Crippen LogP contribution in [0.1, 0.15) is 11.1 Å². The van der Waals surface area contributed by atoms with Crippen LogP contribution >= 0.6 is 0 Å². The van der Waals surface area contributed by atoms with E-state index in [4.69, 9.17) is 11.0 Å². The second kappa shape index (κ2) is 4.60. The third kappa shape index (κ3) is 1.99. The van der Waals surface area contributed by atoms with Crippen LogP contribution in [-0.2, 0) is 6.54 Å². The fourth-order valence-electron chi connectivity index (χ4n) is 2.30. The van der Waals surface area contributed by atoms with Gasteiger partial charge in [-0.3, -0.25) is 0 Å². The van der Waals surface area contributed by atoms with Gasteiger partial charge >= 0.3 is 0 Å². The summed E-state index contributed by atoms with van der Waals surface area (Å²) < 4.78 is 0. The largest absolute Gasteiger partial charge is 0.361 e. The number of nitrogens with zero attached hydrogens (tertiary/aromatic N) is 1. The van der Waals surface area contributed by atoms with Crippen LogP contribution in [0.2, 0.25) is 0 Å². The highest BCUT2D eigenvalue weighted by Gasteiger charge is 2.07. The molecule has 0 radical (unpaired) electrons. The highest BCUT2D eigenvalue weighted by molar-refractivity contribution is 5.96. The molecular formula is C16H13N3. The average molecular weight is 247 g/mol. The van der Waals surface area contributed by atoms with Crippen molar-refractivity contribution in [1.82, 2.24) is 4.98 Å². The summed E-state index contributed by atoms with van der Waals surface area (Å²) in [5.41, 5.74) is 10.6. The van der Waals surface area contributed by atoms with Crippen LogP contribution in [0.4, 0.5) is 0 Å². The van der Waals surface area contributed by atoms with E-state index in [1.54, 1.807) is 0 Å². The highest BCUT2D eigenvalue weighted by atomic mass is 14.7. The second-order valence-corrected chi connectivity index (χ2v) is 4.48. The average Bonchev–Trinajstić information content (AvgIpc) is 2.90. The van der Waals surface area contributed by atoms with Crippen molar-refractivity contribution >= 4 is 10.9 Å². The van der Waals surface area contributed by atoms with Crippen molar-refractivity contribution < 1.29 is 0 Å². The molecule has 0 saturated carbocycles. The minimum Gasteiger partial charge on any atom is -0.361 e. The van der Waals surface area contributed by atoms with Crippen LogP contribution in [0.3, 0.4) is 0 Å². The van der Waals surface area contributed by atoms with E-state index in [9.17, 15) is 0 Å². The summed E-state index contributed by atoms with van der Waals surface area (Å²) in [4.78, 5) is 3.26. The third-order valence-corrected chi connectivity index (χ3v) is 3.28. The maximum absolute atomic E-state index is 8.97. The summed E-state index contributed by atoms with van der Waals surface area (Å²) in [6.45, 7) is 0.536. The molecule has 3 aromatic rings. The molecule has 1 heterocycles. The van der Waals surface area contributed by atoms with Gasteiger partial charge in [-0.2, -0.15) is 5.26 Å². The summed E-state index contributed by atoms with van der Waals surface area (Å²) in [6.07, 6.45) is 1.97. The summed E-state index contributed by atoms with van der Waals surface area (Å²) in [6, 6.07) is 16.0. The second-order valence-electron chi connectivity index (χ2n) is 4.48. The molecule has 0 fully saturated rings. The van der Waals surface area contributed by atoms with Gasteiger partial charge in [-0.05, 0) is 29.3 Å². The van der Waals surface area contributed by atoms with Gasteiger partial charge in [0.2, 0.25) is 0 Å². The number of hydrogen-bond acceptors (Lipinski definition) is 2. The van der Waals surface area contributed by atoms with Crippen molar-refractivity contribution in [3.8, 4) is 17.2 Å². The van der Waals surface area contributed by atoms with Gasteiger partial charge in [0.1, 0.15) is 0 Å². The Hall–Kier alpha value is -2.57. The monoisotopic (exact) mass is 247 g/mol. The van der Waals surface area contributed by atoms with E-state index in [0.717, 1.165) is 27.6 Å². The maximum Gasteiger partial charge on any atom is 0.0991 e. The summed E-state index contributed by atoms with van der Waals surface area (Å²) in [5, 5.41) is 10.1. The Bertz CT molecular complexity index is 778. The Morgan fingerprint density at radius 1 is 1.16 bits per heavy atom. The van der Waals surface area contributed by atoms with E-state index in [0.29, 0.717) is 12.1 Å². The molecule has 3 N–H and O–H groups in total. The van der Waals surface area contributed by atoms with E-state index in [-0.39, 0.29) is 0 Å². The lowest BCUT2D eigenvalue weighted by Gasteiger charge is -2.01. The van der Waals surface area contributed by atoms with E-state index in [1.807, 2.05) is 36.5 Å². The Labute approximate surface area is 111 Å². The van der Waals surface area contributed by atoms with Gasteiger partial charge in [0, 0.05) is 29.2 Å². The molecule has 3 rings (SSSR count). The van der Waals surface area contributed by atoms with E-state index in [1.165, 1.54) is 0 Å². The van der Waals surface area contributed by atoms with Crippen molar-refractivity contribution in [2.24, 2.45) is 5.73 Å². The number of rotatable bonds is 2. The molecule has 0 aliphatic heterocycles. The Balaban J connectivity index is 2.17. The van der Waals surface area contributed by atoms with Crippen molar-refractivity contribution in [3.63, 3.8) is 0 Å². The molecule has 0 aliphatic rings. The van der Waals surface area contributed by atoms with E-state index >= 15 is 0 Å². The lowest BCUT2D eigenvalue weighted by Crippen LogP contribution is -1.95. The molecule has 0 aliphatic carbocycles. The summed E-state index contributed by atoms with van der Waals surface area (Å²) in [7, 11) is 0. The van der Waals surface area contributed by atoms with Crippen LogP contribution in [0.25, 0.3) is 22.0 Å². The van der Waals surface area contributed by atoms with Crippen LogP contribution < -0.4 is 5.73 Å². The van der Waals surface area contributed by atoms with Gasteiger partial charge in [-0.1, -0.05) is 24.3 Å². The van der Waals surface area contributed by atoms with Crippen molar-refractivity contribution in [2.45, 2.75) is 6.54 Å². The quantitative estimate of drug-likeness (QED) is 0.730. The first-order chi connectivity index (χ1) is 9.31. The fraction of sp³-hybridized carbons (Fsp3) is 0.0625. The van der Waals surface area contributed by atoms with Crippen LogP contribution in [0.15, 0.2) is 48.7 Å². The Kier molecular flexibility index (Phi) is 2.79. The molecule has 19 heavy (non-hydrogen) atoms. The zero-order valence-electron chi connectivity index (χ0n) is 10.4. The highest BCUT2D eigenvalue weighted by Crippen LogP contribution is 2.29. The molecule has 3 nitrogen and oxygen atoms in total. The van der Waals surface area contributed by atoms with Gasteiger partial charge in [-0.25, -0.2) is 0 Å². The van der Waals surface area contributed by atoms with Crippen LogP contribution in [0, 0.1) is 11.3 Å². The summed E-state index contributed by atoms with van der Waals surface area (Å²) >= 11 is 0. The number of nitrogens with one attached hydrogen (secondary N) is 1. The molecule has 0 amide bonds. The molecule has 3 heteroatoms. The zero-order valence-corrected chi connectivity index (χ0v) is 10.4. The van der Waals surface area contributed by atoms with Gasteiger partial charge in [0.25, 0.3) is 0 Å². The molecule has 0 bridgehead atoms. The molecule has 1 aromatic heterocycles. The van der Waals surface area contributed by atoms with Gasteiger partial charge in [-0.15, -0.1) is 0 Å². The smallest absolute Gasteiger partial charge is 0.0991 e. The van der Waals surface area contributed by atoms with Crippen molar-refractivity contribution in [2.75, 3.05) is 0 Å². The Morgan fingerprint density at radius 3 is 2.84 bits per heavy atom. The molecule has 92 valence electrons. The number of aromatic nitrogens is 1. The predicted molar refractivity (Wildman–Crippen MR) is 76.3 cm³/mol. The van der Waals surface area contributed by atoms with Gasteiger partial charge < -0.3 is 10.7 Å². The van der Waals surface area contributed by atoms with Gasteiger partial charge in [0.15, 0.2) is 0 Å². The van der Waals surface area contributed by atoms with Gasteiger partial charge in [0.05, 0.1) is 11.6 Å². The lowest BCUT2D eigenvalue weighted by molar-refractivity contribution is 1.07. The van der Waals surface area contributed by atoms with Crippen molar-refractivity contribution in [3.05, 3.63) is 59.8 Å². The predicted octanol–water partition coefficient (Wildman–Crippen LogP) is 3.17. The number of nitrogens with two attached hydrogens (primary N) is 1. The maximum atomic E-state index is 8.97. The zero-order chi connectivity index (χ0) is 13.2. The van der Waals surface area contributed by atoms with Crippen molar-refractivity contribution in [1.29, 1.82) is 5.26 Å². The normalized spacial score (nSPS) is 10.5. The molecule has 0 spiro atoms. The third-order valence-electron chi connectivity index (χ3n) is 3.28. The Morgan fingerprint density at radius 2 is 2.05 bits per heavy atom. The minimum atomic E-state index is 0.536. The number of H-pyrrole nitrogens is 1. The van der Waals surface area contributed by atoms with Crippen LogP contribution in [0.5, 0.6) is 0 Å². The molecule has 0 saturated heterocycles. The number of hydrogen-bond donors (Lipinski definition) is 2. The fourth-order valence-corrected chi connectivity index (χ4v) is 2.30. The topological polar surface area (TPSA) is 65.6 Å². The van der Waals surface area contributed by atoms with E-state index < -0.39 is 0 Å².